The van der Waals surface area contributed by atoms with Crippen molar-refractivity contribution in [1.29, 1.82) is 0 Å². The van der Waals surface area contributed by atoms with Gasteiger partial charge in [0.05, 0.1) is 0 Å². The largest absolute Gasteiger partial charge is 0.372 e. The zero-order valence-electron chi connectivity index (χ0n) is 16.8. The van der Waals surface area contributed by atoms with Crippen LogP contribution in [0.4, 0.5) is 17.3 Å². The van der Waals surface area contributed by atoms with Gasteiger partial charge in [-0.25, -0.2) is 9.97 Å². The lowest BCUT2D eigenvalue weighted by Gasteiger charge is -2.31. The third-order valence-electron chi connectivity index (χ3n) is 5.61. The summed E-state index contributed by atoms with van der Waals surface area (Å²) in [6, 6.07) is 9.84. The van der Waals surface area contributed by atoms with Gasteiger partial charge in [-0.3, -0.25) is 4.79 Å². The van der Waals surface area contributed by atoms with Gasteiger partial charge >= 0.3 is 0 Å². The average Bonchev–Trinajstić information content (AvgIpc) is 3.23. The number of anilines is 3. The van der Waals surface area contributed by atoms with Crippen molar-refractivity contribution in [3.63, 3.8) is 0 Å². The Labute approximate surface area is 167 Å². The molecule has 1 N–H and O–H groups in total. The van der Waals surface area contributed by atoms with Crippen LogP contribution in [0.1, 0.15) is 48.8 Å². The molecule has 2 aromatic rings. The molecular weight excluding hydrogens is 350 g/mol. The summed E-state index contributed by atoms with van der Waals surface area (Å²) in [5.41, 5.74) is 3.24. The summed E-state index contributed by atoms with van der Waals surface area (Å²) in [5.74, 6) is 1.11. The molecule has 1 unspecified atom stereocenters. The predicted octanol–water partition coefficient (Wildman–Crippen LogP) is 3.87. The zero-order chi connectivity index (χ0) is 19.5. The summed E-state index contributed by atoms with van der Waals surface area (Å²) >= 11 is 0. The van der Waals surface area contributed by atoms with Gasteiger partial charge in [0, 0.05) is 43.2 Å². The van der Waals surface area contributed by atoms with Crippen LogP contribution in [0.15, 0.2) is 30.3 Å². The molecule has 2 aliphatic heterocycles. The minimum Gasteiger partial charge on any atom is -0.372 e. The number of benzene rings is 1. The fourth-order valence-electron chi connectivity index (χ4n) is 4.11. The van der Waals surface area contributed by atoms with Gasteiger partial charge in [-0.2, -0.15) is 0 Å². The second kappa shape index (κ2) is 8.17. The van der Waals surface area contributed by atoms with Crippen LogP contribution in [0.25, 0.3) is 0 Å². The standard InChI is InChI=1S/C22H29N5O/c1-16-6-5-13-27(15-16)22-23-17(2)14-20(25-22)21(28)24-18-7-9-19(10-8-18)26-11-3-4-12-26/h7-10,14,16H,3-6,11-13,15H2,1-2H3,(H,24,28). The van der Waals surface area contributed by atoms with E-state index in [4.69, 9.17) is 0 Å². The van der Waals surface area contributed by atoms with Gasteiger partial charge in [0.25, 0.3) is 5.91 Å². The average molecular weight is 380 g/mol. The van der Waals surface area contributed by atoms with E-state index >= 15 is 0 Å². The third-order valence-corrected chi connectivity index (χ3v) is 5.61. The molecule has 2 saturated heterocycles. The fraction of sp³-hybridized carbons (Fsp3) is 0.500. The van der Waals surface area contributed by atoms with Crippen molar-refractivity contribution >= 4 is 23.2 Å². The predicted molar refractivity (Wildman–Crippen MR) is 113 cm³/mol. The molecular formula is C22H29N5O. The molecule has 6 nitrogen and oxygen atoms in total. The molecule has 1 amide bonds. The lowest BCUT2D eigenvalue weighted by Crippen LogP contribution is -2.36. The van der Waals surface area contributed by atoms with Gasteiger partial charge in [-0.1, -0.05) is 6.92 Å². The normalized spacial score (nSPS) is 19.7. The third kappa shape index (κ3) is 4.26. The highest BCUT2D eigenvalue weighted by Crippen LogP contribution is 2.23. The van der Waals surface area contributed by atoms with E-state index in [9.17, 15) is 4.79 Å². The van der Waals surface area contributed by atoms with Crippen LogP contribution in [0.3, 0.4) is 0 Å². The number of piperidine rings is 1. The first-order valence-corrected chi connectivity index (χ1v) is 10.4. The molecule has 0 saturated carbocycles. The molecule has 1 aromatic carbocycles. The van der Waals surface area contributed by atoms with Crippen LogP contribution < -0.4 is 15.1 Å². The van der Waals surface area contributed by atoms with E-state index in [1.807, 2.05) is 19.1 Å². The molecule has 4 rings (SSSR count). The Kier molecular flexibility index (Phi) is 5.46. The summed E-state index contributed by atoms with van der Waals surface area (Å²) in [6.45, 7) is 8.30. The number of aromatic nitrogens is 2. The number of rotatable bonds is 4. The Morgan fingerprint density at radius 3 is 2.46 bits per heavy atom. The molecule has 6 heteroatoms. The van der Waals surface area contributed by atoms with Gasteiger partial charge < -0.3 is 15.1 Å². The molecule has 148 valence electrons. The smallest absolute Gasteiger partial charge is 0.274 e. The molecule has 0 spiro atoms. The number of aryl methyl sites for hydroxylation is 1. The van der Waals surface area contributed by atoms with E-state index in [2.05, 4.69) is 44.1 Å². The van der Waals surface area contributed by atoms with E-state index in [1.54, 1.807) is 6.07 Å². The first-order valence-electron chi connectivity index (χ1n) is 10.4. The van der Waals surface area contributed by atoms with E-state index in [-0.39, 0.29) is 5.91 Å². The molecule has 1 atom stereocenters. The Morgan fingerprint density at radius 1 is 1.04 bits per heavy atom. The van der Waals surface area contributed by atoms with E-state index in [0.717, 1.165) is 44.0 Å². The molecule has 2 aliphatic rings. The number of nitrogens with one attached hydrogen (secondary N) is 1. The minimum absolute atomic E-state index is 0.189. The molecule has 1 aromatic heterocycles. The van der Waals surface area contributed by atoms with Crippen molar-refractivity contribution in [2.75, 3.05) is 41.3 Å². The number of hydrogen-bond donors (Lipinski definition) is 1. The lowest BCUT2D eigenvalue weighted by atomic mass is 10.0. The quantitative estimate of drug-likeness (QED) is 0.874. The van der Waals surface area contributed by atoms with Gasteiger partial charge in [0.1, 0.15) is 5.69 Å². The Morgan fingerprint density at radius 2 is 1.75 bits per heavy atom. The monoisotopic (exact) mass is 379 g/mol. The number of carbonyl (C=O) groups is 1. The highest BCUT2D eigenvalue weighted by atomic mass is 16.1. The number of nitrogens with zero attached hydrogens (tertiary/aromatic N) is 4. The number of hydrogen-bond acceptors (Lipinski definition) is 5. The van der Waals surface area contributed by atoms with Gasteiger partial charge in [-0.15, -0.1) is 0 Å². The van der Waals surface area contributed by atoms with E-state index in [1.165, 1.54) is 24.9 Å². The summed E-state index contributed by atoms with van der Waals surface area (Å²) in [6.07, 6.45) is 4.89. The maximum Gasteiger partial charge on any atom is 0.274 e. The van der Waals surface area contributed by atoms with Gasteiger partial charge in [-0.05, 0) is 68.9 Å². The van der Waals surface area contributed by atoms with E-state index in [0.29, 0.717) is 17.6 Å². The van der Waals surface area contributed by atoms with Gasteiger partial charge in [0.2, 0.25) is 5.95 Å². The van der Waals surface area contributed by atoms with E-state index < -0.39 is 0 Å². The Balaban J connectivity index is 1.47. The van der Waals surface area contributed by atoms with Crippen molar-refractivity contribution in [2.24, 2.45) is 5.92 Å². The molecule has 0 bridgehead atoms. The molecule has 3 heterocycles. The second-order valence-corrected chi connectivity index (χ2v) is 8.08. The Bertz CT molecular complexity index is 829. The molecule has 0 radical (unpaired) electrons. The van der Waals surface area contributed by atoms with Crippen LogP contribution in [-0.2, 0) is 0 Å². The maximum atomic E-state index is 12.8. The summed E-state index contributed by atoms with van der Waals surface area (Å²) < 4.78 is 0. The van der Waals surface area contributed by atoms with Crippen LogP contribution in [0.2, 0.25) is 0 Å². The van der Waals surface area contributed by atoms with Crippen molar-refractivity contribution in [3.8, 4) is 0 Å². The fourth-order valence-corrected chi connectivity index (χ4v) is 4.11. The van der Waals surface area contributed by atoms with Crippen LogP contribution in [-0.4, -0.2) is 42.1 Å². The highest BCUT2D eigenvalue weighted by Gasteiger charge is 2.21. The summed E-state index contributed by atoms with van der Waals surface area (Å²) in [7, 11) is 0. The first-order chi connectivity index (χ1) is 13.6. The molecule has 28 heavy (non-hydrogen) atoms. The summed E-state index contributed by atoms with van der Waals surface area (Å²) in [5, 5.41) is 2.98. The number of carbonyl (C=O) groups excluding carboxylic acids is 1. The first kappa shape index (κ1) is 18.7. The summed E-state index contributed by atoms with van der Waals surface area (Å²) in [4.78, 5) is 26.5. The van der Waals surface area contributed by atoms with Crippen molar-refractivity contribution in [3.05, 3.63) is 41.7 Å². The molecule has 0 aliphatic carbocycles. The Hall–Kier alpha value is -2.63. The van der Waals surface area contributed by atoms with Crippen molar-refractivity contribution < 1.29 is 4.79 Å². The minimum atomic E-state index is -0.189. The zero-order valence-corrected chi connectivity index (χ0v) is 16.8. The SMILES string of the molecule is Cc1cc(C(=O)Nc2ccc(N3CCCC3)cc2)nc(N2CCCC(C)C2)n1. The van der Waals surface area contributed by atoms with Crippen LogP contribution >= 0.6 is 0 Å². The van der Waals surface area contributed by atoms with Crippen LogP contribution in [0, 0.1) is 12.8 Å². The highest BCUT2D eigenvalue weighted by molar-refractivity contribution is 6.03. The number of amides is 1. The lowest BCUT2D eigenvalue weighted by molar-refractivity contribution is 0.102. The van der Waals surface area contributed by atoms with Gasteiger partial charge in [0.15, 0.2) is 0 Å². The maximum absolute atomic E-state index is 12.8. The topological polar surface area (TPSA) is 61.4 Å². The van der Waals surface area contributed by atoms with Crippen molar-refractivity contribution in [2.45, 2.75) is 39.5 Å². The second-order valence-electron chi connectivity index (χ2n) is 8.08. The molecule has 2 fully saturated rings. The van der Waals surface area contributed by atoms with Crippen molar-refractivity contribution in [1.82, 2.24) is 9.97 Å². The van der Waals surface area contributed by atoms with Crippen LogP contribution in [0.5, 0.6) is 0 Å².